The Morgan fingerprint density at radius 1 is 0.750 bits per heavy atom. The highest BCUT2D eigenvalue weighted by molar-refractivity contribution is 5.55. The van der Waals surface area contributed by atoms with Crippen LogP contribution in [0, 0.1) is 65.6 Å². The molecule has 7 unspecified atom stereocenters. The SMILES string of the molecule is Cc1cc2c(c(C)c1C)C1(C)C(C)(C)CC3C(C)(C)C(C)C(C)(C)C3(C)C1(C)C(C)C2C. The van der Waals surface area contributed by atoms with Crippen LogP contribution in [0.5, 0.6) is 0 Å². The van der Waals surface area contributed by atoms with Crippen LogP contribution in [0.2, 0.25) is 0 Å². The van der Waals surface area contributed by atoms with Crippen LogP contribution in [-0.4, -0.2) is 0 Å². The summed E-state index contributed by atoms with van der Waals surface area (Å²) in [7, 11) is 0. The maximum atomic E-state index is 2.75. The fourth-order valence-electron chi connectivity index (χ4n) is 10.7. The van der Waals surface area contributed by atoms with Gasteiger partial charge in [-0.3, -0.25) is 0 Å². The second-order valence-corrected chi connectivity index (χ2v) is 14.9. The summed E-state index contributed by atoms with van der Waals surface area (Å²) in [6.07, 6.45) is 1.32. The van der Waals surface area contributed by atoms with Crippen molar-refractivity contribution in [1.29, 1.82) is 0 Å². The van der Waals surface area contributed by atoms with Gasteiger partial charge in [-0.2, -0.15) is 0 Å². The second-order valence-electron chi connectivity index (χ2n) is 14.9. The van der Waals surface area contributed by atoms with Crippen molar-refractivity contribution in [2.75, 3.05) is 0 Å². The molecule has 2 fully saturated rings. The summed E-state index contributed by atoms with van der Waals surface area (Å²) < 4.78 is 0. The van der Waals surface area contributed by atoms with Gasteiger partial charge in [0.2, 0.25) is 0 Å². The highest BCUT2D eigenvalue weighted by Gasteiger charge is 2.80. The molecule has 0 aromatic heterocycles. The predicted molar refractivity (Wildman–Crippen MR) is 140 cm³/mol. The first kappa shape index (κ1) is 24.3. The highest BCUT2D eigenvalue weighted by atomic mass is 14.8. The van der Waals surface area contributed by atoms with E-state index in [-0.39, 0.29) is 27.1 Å². The fraction of sp³-hybridized carbons (Fsp3) is 0.812. The predicted octanol–water partition coefficient (Wildman–Crippen LogP) is 9.38. The van der Waals surface area contributed by atoms with E-state index in [0.29, 0.717) is 23.2 Å². The minimum absolute atomic E-state index is 0.131. The lowest BCUT2D eigenvalue weighted by atomic mass is 9.28. The molecule has 0 heterocycles. The van der Waals surface area contributed by atoms with Gasteiger partial charge in [0.1, 0.15) is 0 Å². The molecule has 0 nitrogen and oxygen atoms in total. The molecule has 4 rings (SSSR count). The summed E-state index contributed by atoms with van der Waals surface area (Å²) in [6.45, 7) is 38.7. The number of benzene rings is 1. The smallest absolute Gasteiger partial charge is 0.00435 e. The van der Waals surface area contributed by atoms with Gasteiger partial charge in [0, 0.05) is 5.41 Å². The number of rotatable bonds is 0. The standard InChI is InChI=1S/C32H52/c1-18-16-24-21(4)22(5)30(13)31(14)25(28(9,10)23(6)29(31,11)12)17-27(7,8)32(30,15)26(24)20(3)19(18)2/h16,21-23,25H,17H2,1-15H3. The molecule has 3 aliphatic carbocycles. The Labute approximate surface area is 200 Å². The zero-order chi connectivity index (χ0) is 24.6. The maximum Gasteiger partial charge on any atom is 0.00435 e. The van der Waals surface area contributed by atoms with E-state index < -0.39 is 0 Å². The number of hydrogen-bond donors (Lipinski definition) is 0. The van der Waals surface area contributed by atoms with Crippen LogP contribution in [0.3, 0.4) is 0 Å². The van der Waals surface area contributed by atoms with Crippen molar-refractivity contribution in [1.82, 2.24) is 0 Å². The lowest BCUT2D eigenvalue weighted by Gasteiger charge is -2.76. The Bertz CT molecular complexity index is 974. The Morgan fingerprint density at radius 3 is 1.81 bits per heavy atom. The molecule has 0 bridgehead atoms. The molecule has 0 amide bonds. The van der Waals surface area contributed by atoms with Crippen molar-refractivity contribution in [2.24, 2.45) is 44.8 Å². The lowest BCUT2D eigenvalue weighted by Crippen LogP contribution is -2.72. The van der Waals surface area contributed by atoms with Crippen molar-refractivity contribution in [2.45, 2.75) is 122 Å². The monoisotopic (exact) mass is 436 g/mol. The van der Waals surface area contributed by atoms with Crippen molar-refractivity contribution in [3.05, 3.63) is 33.9 Å². The van der Waals surface area contributed by atoms with E-state index in [1.807, 2.05) is 0 Å². The molecule has 7 atom stereocenters. The maximum absolute atomic E-state index is 2.75. The molecule has 3 aliphatic rings. The van der Waals surface area contributed by atoms with Crippen molar-refractivity contribution in [3.63, 3.8) is 0 Å². The Hall–Kier alpha value is -0.780. The van der Waals surface area contributed by atoms with Crippen LogP contribution in [0.25, 0.3) is 0 Å². The van der Waals surface area contributed by atoms with Gasteiger partial charge in [-0.1, -0.05) is 89.2 Å². The summed E-state index contributed by atoms with van der Waals surface area (Å²) in [5, 5.41) is 0. The van der Waals surface area contributed by atoms with Gasteiger partial charge in [-0.15, -0.1) is 0 Å². The van der Waals surface area contributed by atoms with Crippen LogP contribution in [0.1, 0.15) is 123 Å². The first-order chi connectivity index (χ1) is 14.3. The first-order valence-electron chi connectivity index (χ1n) is 13.4. The summed E-state index contributed by atoms with van der Waals surface area (Å²) >= 11 is 0. The number of aryl methyl sites for hydroxylation is 1. The van der Waals surface area contributed by atoms with E-state index in [0.717, 1.165) is 5.92 Å². The molecule has 1 aromatic rings. The first-order valence-corrected chi connectivity index (χ1v) is 13.4. The van der Waals surface area contributed by atoms with Crippen molar-refractivity contribution < 1.29 is 0 Å². The zero-order valence-electron chi connectivity index (χ0n) is 24.1. The third-order valence-electron chi connectivity index (χ3n) is 14.2. The average molecular weight is 437 g/mol. The Morgan fingerprint density at radius 2 is 1.28 bits per heavy atom. The molecule has 0 saturated heterocycles. The van der Waals surface area contributed by atoms with Gasteiger partial charge in [-0.25, -0.2) is 0 Å². The quantitative estimate of drug-likeness (QED) is 0.380. The molecule has 2 saturated carbocycles. The number of hydrogen-bond acceptors (Lipinski definition) is 0. The van der Waals surface area contributed by atoms with Crippen LogP contribution in [-0.2, 0) is 5.41 Å². The van der Waals surface area contributed by atoms with Crippen LogP contribution < -0.4 is 0 Å². The third kappa shape index (κ3) is 2.14. The van der Waals surface area contributed by atoms with Crippen LogP contribution >= 0.6 is 0 Å². The van der Waals surface area contributed by atoms with Gasteiger partial charge in [-0.05, 0) is 106 Å². The highest BCUT2D eigenvalue weighted by Crippen LogP contribution is 2.85. The number of fused-ring (bicyclic) bond motifs is 5. The molecule has 0 spiro atoms. The van der Waals surface area contributed by atoms with Crippen LogP contribution in [0.15, 0.2) is 6.07 Å². The second kappa shape index (κ2) is 6.26. The van der Waals surface area contributed by atoms with Gasteiger partial charge in [0.25, 0.3) is 0 Å². The van der Waals surface area contributed by atoms with Gasteiger partial charge >= 0.3 is 0 Å². The molecule has 0 aliphatic heterocycles. The van der Waals surface area contributed by atoms with Gasteiger partial charge < -0.3 is 0 Å². The van der Waals surface area contributed by atoms with E-state index in [4.69, 9.17) is 0 Å². The van der Waals surface area contributed by atoms with Gasteiger partial charge in [0.15, 0.2) is 0 Å². The molecule has 0 N–H and O–H groups in total. The van der Waals surface area contributed by atoms with E-state index in [1.54, 1.807) is 16.7 Å². The summed E-state index contributed by atoms with van der Waals surface area (Å²) in [5.41, 5.74) is 9.39. The third-order valence-corrected chi connectivity index (χ3v) is 14.2. The Kier molecular flexibility index (Phi) is 4.76. The summed E-state index contributed by atoms with van der Waals surface area (Å²) in [5.74, 6) is 2.65. The topological polar surface area (TPSA) is 0 Å². The molecule has 1 aromatic carbocycles. The van der Waals surface area contributed by atoms with Crippen molar-refractivity contribution in [3.8, 4) is 0 Å². The average Bonchev–Trinajstić information content (AvgIpc) is 2.78. The van der Waals surface area contributed by atoms with E-state index in [2.05, 4.69) is 110 Å². The lowest BCUT2D eigenvalue weighted by molar-refractivity contribution is -0.227. The normalized spacial score (nSPS) is 45.7. The summed E-state index contributed by atoms with van der Waals surface area (Å²) in [4.78, 5) is 0. The minimum Gasteiger partial charge on any atom is -0.0615 e. The molecule has 0 heteroatoms. The molecular formula is C32H52. The van der Waals surface area contributed by atoms with E-state index >= 15 is 0 Å². The molecule has 32 heavy (non-hydrogen) atoms. The fourth-order valence-corrected chi connectivity index (χ4v) is 10.7. The molecular weight excluding hydrogens is 384 g/mol. The molecule has 180 valence electrons. The zero-order valence-corrected chi connectivity index (χ0v) is 24.1. The van der Waals surface area contributed by atoms with E-state index in [1.165, 1.54) is 17.5 Å². The Balaban J connectivity index is 2.20. The summed E-state index contributed by atoms with van der Waals surface area (Å²) in [6, 6.07) is 2.57. The van der Waals surface area contributed by atoms with Gasteiger partial charge in [0.05, 0.1) is 0 Å². The largest absolute Gasteiger partial charge is 0.0615 e. The minimum atomic E-state index is 0.131. The molecule has 0 radical (unpaired) electrons. The van der Waals surface area contributed by atoms with Crippen LogP contribution in [0.4, 0.5) is 0 Å². The van der Waals surface area contributed by atoms with Crippen molar-refractivity contribution >= 4 is 0 Å². The van der Waals surface area contributed by atoms with E-state index in [9.17, 15) is 0 Å².